The number of hydrogen-bond donors (Lipinski definition) is 0. The summed E-state index contributed by atoms with van der Waals surface area (Å²) < 4.78 is 23.8. The molecule has 4 nitrogen and oxygen atoms in total. The fraction of sp³-hybridized carbons (Fsp3) is 0.250. The number of carbonyl (C=O) groups excluding carboxylic acids is 1. The molecule has 1 aliphatic rings. The van der Waals surface area contributed by atoms with Gasteiger partial charge in [0.05, 0.1) is 11.8 Å². The summed E-state index contributed by atoms with van der Waals surface area (Å²) in [6.45, 7) is 3.99. The summed E-state index contributed by atoms with van der Waals surface area (Å²) in [5, 5.41) is 1.21. The van der Waals surface area contributed by atoms with E-state index >= 15 is 0 Å². The summed E-state index contributed by atoms with van der Waals surface area (Å²) in [5.41, 5.74) is 3.40. The highest BCUT2D eigenvalue weighted by molar-refractivity contribution is 7.94. The third-order valence-corrected chi connectivity index (χ3v) is 5.77. The molecule has 0 fully saturated rings. The average molecular weight is 355 g/mol. The normalized spacial score (nSPS) is 18.2. The molecule has 5 heteroatoms. The minimum Gasteiger partial charge on any atom is -0.300 e. The van der Waals surface area contributed by atoms with Gasteiger partial charge in [0.25, 0.3) is 5.91 Å². The summed E-state index contributed by atoms with van der Waals surface area (Å²) in [4.78, 5) is 14.8. The summed E-state index contributed by atoms with van der Waals surface area (Å²) in [7, 11) is -3.26. The topological polar surface area (TPSA) is 54.5 Å². The van der Waals surface area contributed by atoms with Gasteiger partial charge in [0.2, 0.25) is 0 Å². The van der Waals surface area contributed by atoms with Crippen LogP contribution in [0.4, 0.5) is 5.69 Å². The number of rotatable bonds is 4. The highest BCUT2D eigenvalue weighted by Gasteiger charge is 2.32. The minimum atomic E-state index is -3.26. The molecule has 1 atom stereocenters. The van der Waals surface area contributed by atoms with Gasteiger partial charge in [-0.1, -0.05) is 42.8 Å². The minimum absolute atomic E-state index is 0.0807. The van der Waals surface area contributed by atoms with E-state index in [0.29, 0.717) is 5.56 Å². The van der Waals surface area contributed by atoms with Crippen LogP contribution in [0.15, 0.2) is 60.0 Å². The van der Waals surface area contributed by atoms with E-state index in [1.807, 2.05) is 50.2 Å². The number of para-hydroxylation sites is 1. The number of nitrogens with zero attached hydrogens (tertiary/aromatic N) is 1. The predicted octanol–water partition coefficient (Wildman–Crippen LogP) is 3.51. The van der Waals surface area contributed by atoms with Crippen LogP contribution in [0.3, 0.4) is 0 Å². The molecule has 130 valence electrons. The maximum atomic E-state index is 13.2. The highest BCUT2D eigenvalue weighted by Crippen LogP contribution is 2.28. The summed E-state index contributed by atoms with van der Waals surface area (Å²) in [5.74, 6) is -0.268. The first-order valence-corrected chi connectivity index (χ1v) is 10.0. The first-order chi connectivity index (χ1) is 11.9. The molecule has 2 aromatic rings. The molecule has 0 N–H and O–H groups in total. The fourth-order valence-corrected chi connectivity index (χ4v) is 4.31. The van der Waals surface area contributed by atoms with Crippen LogP contribution in [0, 0.1) is 6.92 Å². The third-order valence-electron chi connectivity index (χ3n) is 4.39. The Morgan fingerprint density at radius 3 is 2.40 bits per heavy atom. The number of carbonyl (C=O) groups is 1. The summed E-state index contributed by atoms with van der Waals surface area (Å²) >= 11 is 0. The van der Waals surface area contributed by atoms with E-state index in [4.69, 9.17) is 0 Å². The van der Waals surface area contributed by atoms with E-state index in [1.165, 1.54) is 5.41 Å². The van der Waals surface area contributed by atoms with Crippen LogP contribution in [0.5, 0.6) is 0 Å². The molecule has 0 aromatic heterocycles. The Labute approximate surface area is 148 Å². The molecule has 2 aromatic carbocycles. The summed E-state index contributed by atoms with van der Waals surface area (Å²) in [6.07, 6.45) is 2.37. The van der Waals surface area contributed by atoms with E-state index in [2.05, 4.69) is 0 Å². The lowest BCUT2D eigenvalue weighted by Gasteiger charge is -2.29. The highest BCUT2D eigenvalue weighted by atomic mass is 32.2. The quantitative estimate of drug-likeness (QED) is 0.843. The zero-order valence-electron chi connectivity index (χ0n) is 14.3. The van der Waals surface area contributed by atoms with Crippen molar-refractivity contribution in [2.45, 2.75) is 26.3 Å². The van der Waals surface area contributed by atoms with Gasteiger partial charge in [-0.2, -0.15) is 0 Å². The first-order valence-electron chi connectivity index (χ1n) is 8.30. The SMILES string of the molecule is CCc1ccccc1N(C(=O)c1ccc(C)cc1)[C@@H]1C=CS(=O)(=O)C1. The second-order valence-corrected chi connectivity index (χ2v) is 8.18. The van der Waals surface area contributed by atoms with Crippen molar-refractivity contribution < 1.29 is 13.2 Å². The lowest BCUT2D eigenvalue weighted by atomic mass is 10.1. The Morgan fingerprint density at radius 1 is 1.12 bits per heavy atom. The van der Waals surface area contributed by atoms with Crippen molar-refractivity contribution in [2.24, 2.45) is 0 Å². The van der Waals surface area contributed by atoms with Crippen molar-refractivity contribution in [1.82, 2.24) is 0 Å². The summed E-state index contributed by atoms with van der Waals surface area (Å²) in [6, 6.07) is 14.5. The smallest absolute Gasteiger partial charge is 0.258 e. The standard InChI is InChI=1S/C20H21NO3S/c1-3-16-6-4-5-7-19(16)21(18-12-13-25(23,24)14-18)20(22)17-10-8-15(2)9-11-17/h4-13,18H,3,14H2,1-2H3/t18-/m1/s1. The van der Waals surface area contributed by atoms with Crippen LogP contribution in [0.2, 0.25) is 0 Å². The van der Waals surface area contributed by atoms with E-state index < -0.39 is 15.9 Å². The van der Waals surface area contributed by atoms with E-state index in [1.54, 1.807) is 23.1 Å². The molecule has 0 aliphatic carbocycles. The monoisotopic (exact) mass is 355 g/mol. The molecule has 3 rings (SSSR count). The van der Waals surface area contributed by atoms with Gasteiger partial charge in [0.1, 0.15) is 0 Å². The van der Waals surface area contributed by atoms with Crippen LogP contribution in [-0.2, 0) is 16.3 Å². The molecule has 1 amide bonds. The van der Waals surface area contributed by atoms with E-state index in [0.717, 1.165) is 23.2 Å². The molecule has 25 heavy (non-hydrogen) atoms. The lowest BCUT2D eigenvalue weighted by Crippen LogP contribution is -2.41. The van der Waals surface area contributed by atoms with Crippen molar-refractivity contribution in [1.29, 1.82) is 0 Å². The zero-order chi connectivity index (χ0) is 18.0. The average Bonchev–Trinajstić information content (AvgIpc) is 2.95. The number of sulfone groups is 1. The van der Waals surface area contributed by atoms with Gasteiger partial charge in [-0.05, 0) is 43.2 Å². The molecule has 1 heterocycles. The number of anilines is 1. The Bertz CT molecular complexity index is 914. The van der Waals surface area contributed by atoms with Crippen LogP contribution >= 0.6 is 0 Å². The van der Waals surface area contributed by atoms with Gasteiger partial charge < -0.3 is 4.90 Å². The molecule has 0 unspecified atom stereocenters. The molecule has 0 saturated carbocycles. The second-order valence-electron chi connectivity index (χ2n) is 6.25. The van der Waals surface area contributed by atoms with Crippen molar-refractivity contribution in [3.05, 3.63) is 76.7 Å². The molecule has 0 bridgehead atoms. The van der Waals surface area contributed by atoms with Gasteiger partial charge in [0, 0.05) is 16.7 Å². The van der Waals surface area contributed by atoms with Crippen molar-refractivity contribution in [3.8, 4) is 0 Å². The Morgan fingerprint density at radius 2 is 1.80 bits per heavy atom. The van der Waals surface area contributed by atoms with Crippen molar-refractivity contribution in [2.75, 3.05) is 10.7 Å². The van der Waals surface area contributed by atoms with Crippen LogP contribution < -0.4 is 4.90 Å². The van der Waals surface area contributed by atoms with Crippen LogP contribution in [0.1, 0.15) is 28.4 Å². The number of amides is 1. The van der Waals surface area contributed by atoms with E-state index in [-0.39, 0.29) is 11.7 Å². The number of benzene rings is 2. The predicted molar refractivity (Wildman–Crippen MR) is 101 cm³/mol. The molecule has 0 radical (unpaired) electrons. The molecule has 0 saturated heterocycles. The molecule has 0 spiro atoms. The first kappa shape index (κ1) is 17.4. The van der Waals surface area contributed by atoms with Gasteiger partial charge in [-0.3, -0.25) is 4.79 Å². The van der Waals surface area contributed by atoms with Gasteiger partial charge in [-0.25, -0.2) is 8.42 Å². The van der Waals surface area contributed by atoms with Gasteiger partial charge >= 0.3 is 0 Å². The fourth-order valence-electron chi connectivity index (χ4n) is 3.04. The largest absolute Gasteiger partial charge is 0.300 e. The Hall–Kier alpha value is -2.40. The zero-order valence-corrected chi connectivity index (χ0v) is 15.2. The van der Waals surface area contributed by atoms with Crippen molar-refractivity contribution in [3.63, 3.8) is 0 Å². The van der Waals surface area contributed by atoms with Crippen molar-refractivity contribution >= 4 is 21.4 Å². The van der Waals surface area contributed by atoms with E-state index in [9.17, 15) is 13.2 Å². The van der Waals surface area contributed by atoms with Crippen LogP contribution in [-0.4, -0.2) is 26.1 Å². The molecular formula is C20H21NO3S. The Balaban J connectivity index is 2.07. The molecule has 1 aliphatic heterocycles. The maximum Gasteiger partial charge on any atom is 0.258 e. The maximum absolute atomic E-state index is 13.2. The van der Waals surface area contributed by atoms with Gasteiger partial charge in [0.15, 0.2) is 9.84 Å². The third kappa shape index (κ3) is 3.66. The molecular weight excluding hydrogens is 334 g/mol. The number of aryl methyl sites for hydroxylation is 2. The Kier molecular flexibility index (Phi) is 4.77. The second kappa shape index (κ2) is 6.84. The van der Waals surface area contributed by atoms with Gasteiger partial charge in [-0.15, -0.1) is 0 Å². The lowest BCUT2D eigenvalue weighted by molar-refractivity contribution is 0.0983. The number of hydrogen-bond acceptors (Lipinski definition) is 3. The van der Waals surface area contributed by atoms with Crippen LogP contribution in [0.25, 0.3) is 0 Å².